The lowest BCUT2D eigenvalue weighted by molar-refractivity contribution is -0.130. The Morgan fingerprint density at radius 2 is 1.67 bits per heavy atom. The second-order valence-electron chi connectivity index (χ2n) is 11.6. The summed E-state index contributed by atoms with van der Waals surface area (Å²) in [5.74, 6) is -0.140. The van der Waals surface area contributed by atoms with Crippen molar-refractivity contribution in [3.8, 4) is 0 Å². The fourth-order valence-electron chi connectivity index (χ4n) is 6.27. The van der Waals surface area contributed by atoms with Crippen molar-refractivity contribution in [1.82, 2.24) is 20.1 Å². The van der Waals surface area contributed by atoms with Crippen LogP contribution in [-0.4, -0.2) is 64.8 Å². The van der Waals surface area contributed by atoms with Gasteiger partial charge in [-0.15, -0.1) is 11.3 Å². The zero-order valence-corrected chi connectivity index (χ0v) is 25.5. The lowest BCUT2D eigenvalue weighted by Crippen LogP contribution is -2.48. The van der Waals surface area contributed by atoms with Gasteiger partial charge in [0.15, 0.2) is 0 Å². The number of piperidine rings is 1. The third-order valence-electron chi connectivity index (χ3n) is 8.70. The van der Waals surface area contributed by atoms with Crippen molar-refractivity contribution in [3.05, 3.63) is 53.0 Å². The van der Waals surface area contributed by atoms with Crippen LogP contribution in [0, 0.1) is 12.8 Å². The number of carbonyl (C=O) groups excluding carboxylic acids is 4. The maximum absolute atomic E-state index is 13.5. The predicted octanol–water partition coefficient (Wildman–Crippen LogP) is 4.48. The number of amides is 4. The van der Waals surface area contributed by atoms with Crippen LogP contribution in [0.25, 0.3) is 10.2 Å². The summed E-state index contributed by atoms with van der Waals surface area (Å²) < 4.78 is 2.80. The van der Waals surface area contributed by atoms with Gasteiger partial charge in [0.25, 0.3) is 5.91 Å². The maximum atomic E-state index is 13.5. The number of aromatic nitrogens is 1. The highest BCUT2D eigenvalue weighted by Gasteiger charge is 2.31. The number of thiophene rings is 1. The summed E-state index contributed by atoms with van der Waals surface area (Å²) in [7, 11) is 0. The number of benzene rings is 1. The minimum absolute atomic E-state index is 0.0168. The van der Waals surface area contributed by atoms with E-state index < -0.39 is 0 Å². The highest BCUT2D eigenvalue weighted by molar-refractivity contribution is 7.17. The molecule has 2 fully saturated rings. The van der Waals surface area contributed by atoms with Gasteiger partial charge in [0.05, 0.1) is 10.2 Å². The molecule has 2 N–H and O–H groups in total. The minimum atomic E-state index is -0.185. The Kier molecular flexibility index (Phi) is 9.30. The Bertz CT molecular complexity index is 1450. The molecule has 1 saturated carbocycles. The average Bonchev–Trinajstić information content (AvgIpc) is 3.57. The first kappa shape index (κ1) is 29.8. The minimum Gasteiger partial charge on any atom is -0.353 e. The Morgan fingerprint density at radius 1 is 0.952 bits per heavy atom. The zero-order chi connectivity index (χ0) is 29.8. The van der Waals surface area contributed by atoms with Crippen LogP contribution in [0.4, 0.5) is 5.69 Å². The Hall–Kier alpha value is -3.66. The third kappa shape index (κ3) is 6.69. The van der Waals surface area contributed by atoms with Gasteiger partial charge in [-0.05, 0) is 87.6 Å². The van der Waals surface area contributed by atoms with E-state index in [1.54, 1.807) is 23.2 Å². The molecule has 224 valence electrons. The Morgan fingerprint density at radius 3 is 2.33 bits per heavy atom. The maximum Gasteiger partial charge on any atom is 0.268 e. The van der Waals surface area contributed by atoms with E-state index >= 15 is 0 Å². The van der Waals surface area contributed by atoms with Crippen molar-refractivity contribution in [2.45, 2.75) is 77.9 Å². The number of carbonyl (C=O) groups is 4. The van der Waals surface area contributed by atoms with Crippen molar-refractivity contribution in [1.29, 1.82) is 0 Å². The van der Waals surface area contributed by atoms with E-state index in [1.165, 1.54) is 0 Å². The number of nitrogens with zero attached hydrogens (tertiary/aromatic N) is 3. The molecule has 10 heteroatoms. The van der Waals surface area contributed by atoms with E-state index in [2.05, 4.69) is 10.6 Å². The highest BCUT2D eigenvalue weighted by atomic mass is 32.1. The van der Waals surface area contributed by atoms with Crippen LogP contribution in [0.1, 0.15) is 68.4 Å². The molecule has 5 rings (SSSR count). The van der Waals surface area contributed by atoms with Gasteiger partial charge in [0, 0.05) is 50.2 Å². The molecule has 1 aliphatic carbocycles. The van der Waals surface area contributed by atoms with E-state index in [0.29, 0.717) is 25.3 Å². The molecule has 2 aromatic heterocycles. The molecule has 2 aliphatic rings. The molecule has 1 aromatic carbocycles. The second-order valence-corrected chi connectivity index (χ2v) is 12.5. The topological polar surface area (TPSA) is 104 Å². The molecular formula is C32H41N5O4S. The normalized spacial score (nSPS) is 19.5. The summed E-state index contributed by atoms with van der Waals surface area (Å²) in [6, 6.07) is 11.8. The monoisotopic (exact) mass is 591 g/mol. The fraction of sp³-hybridized carbons (Fsp3) is 0.500. The molecule has 0 spiro atoms. The first-order valence-corrected chi connectivity index (χ1v) is 15.9. The summed E-state index contributed by atoms with van der Waals surface area (Å²) in [4.78, 5) is 55.1. The van der Waals surface area contributed by atoms with Gasteiger partial charge in [-0.1, -0.05) is 12.1 Å². The van der Waals surface area contributed by atoms with E-state index in [0.717, 1.165) is 60.0 Å². The molecule has 3 aromatic rings. The van der Waals surface area contributed by atoms with Gasteiger partial charge in [-0.2, -0.15) is 0 Å². The Balaban J connectivity index is 1.18. The molecule has 0 atom stereocenters. The molecule has 0 unspecified atom stereocenters. The van der Waals surface area contributed by atoms with Crippen molar-refractivity contribution >= 4 is 50.9 Å². The molecule has 0 radical (unpaired) electrons. The van der Waals surface area contributed by atoms with E-state index in [9.17, 15) is 19.2 Å². The molecule has 1 aliphatic heterocycles. The van der Waals surface area contributed by atoms with Gasteiger partial charge >= 0.3 is 0 Å². The number of likely N-dealkylation sites (N-methyl/N-ethyl adjacent to an activating group) is 1. The first-order chi connectivity index (χ1) is 20.2. The molecule has 9 nitrogen and oxygen atoms in total. The standard InChI is InChI=1S/C32H41N5O4S/c1-4-36(26-7-5-6-21(2)18-26)30(39)20-37-27-14-17-42-29(27)19-28(37)32(41)34-24-10-8-23(9-11-24)31(40)33-25-12-15-35(16-13-25)22(3)38/h5-7,14,17-19,23-25H,4,8-13,15-16,20H2,1-3H3,(H,33,40)(H,34,41)/t23-,24-. The van der Waals surface area contributed by atoms with Crippen LogP contribution in [0.5, 0.6) is 0 Å². The predicted molar refractivity (Wildman–Crippen MR) is 166 cm³/mol. The van der Waals surface area contributed by atoms with Crippen LogP contribution in [0.3, 0.4) is 0 Å². The molecule has 3 heterocycles. The van der Waals surface area contributed by atoms with Gasteiger partial charge in [-0.3, -0.25) is 19.2 Å². The number of rotatable bonds is 8. The fourth-order valence-corrected chi connectivity index (χ4v) is 7.09. The van der Waals surface area contributed by atoms with Gasteiger partial charge in [0.2, 0.25) is 17.7 Å². The summed E-state index contributed by atoms with van der Waals surface area (Å²) in [5.41, 5.74) is 3.31. The summed E-state index contributed by atoms with van der Waals surface area (Å²) >= 11 is 1.55. The lowest BCUT2D eigenvalue weighted by Gasteiger charge is -2.34. The smallest absolute Gasteiger partial charge is 0.268 e. The third-order valence-corrected chi connectivity index (χ3v) is 9.55. The van der Waals surface area contributed by atoms with Crippen LogP contribution in [-0.2, 0) is 20.9 Å². The number of hydrogen-bond donors (Lipinski definition) is 2. The van der Waals surface area contributed by atoms with Crippen LogP contribution in [0.15, 0.2) is 41.8 Å². The molecule has 4 amide bonds. The first-order valence-electron chi connectivity index (χ1n) is 15.0. The summed E-state index contributed by atoms with van der Waals surface area (Å²) in [6.45, 7) is 7.53. The summed E-state index contributed by atoms with van der Waals surface area (Å²) in [5, 5.41) is 8.36. The summed E-state index contributed by atoms with van der Waals surface area (Å²) in [6.07, 6.45) is 4.49. The number of likely N-dealkylation sites (tertiary alicyclic amines) is 1. The zero-order valence-electron chi connectivity index (χ0n) is 24.7. The molecule has 0 bridgehead atoms. The number of fused-ring (bicyclic) bond motifs is 1. The second kappa shape index (κ2) is 13.1. The van der Waals surface area contributed by atoms with Crippen molar-refractivity contribution in [3.63, 3.8) is 0 Å². The lowest BCUT2D eigenvalue weighted by atomic mass is 9.85. The number of hydrogen-bond acceptors (Lipinski definition) is 5. The van der Waals surface area contributed by atoms with Crippen LogP contribution in [0.2, 0.25) is 0 Å². The van der Waals surface area contributed by atoms with Gasteiger partial charge in [-0.25, -0.2) is 0 Å². The SMILES string of the molecule is CCN(C(=O)Cn1c(C(=O)N[C@H]2CC[C@H](C(=O)NC3CCN(C(C)=O)CC3)CC2)cc2sccc21)c1cccc(C)c1. The largest absolute Gasteiger partial charge is 0.353 e. The van der Waals surface area contributed by atoms with Crippen LogP contribution >= 0.6 is 11.3 Å². The van der Waals surface area contributed by atoms with E-state index in [4.69, 9.17) is 0 Å². The van der Waals surface area contributed by atoms with Gasteiger partial charge < -0.3 is 25.0 Å². The van der Waals surface area contributed by atoms with Crippen molar-refractivity contribution in [2.24, 2.45) is 5.92 Å². The average molecular weight is 592 g/mol. The quantitative estimate of drug-likeness (QED) is 0.403. The van der Waals surface area contributed by atoms with Crippen molar-refractivity contribution in [2.75, 3.05) is 24.5 Å². The molecular weight excluding hydrogens is 550 g/mol. The van der Waals surface area contributed by atoms with E-state index in [-0.39, 0.29) is 48.2 Å². The molecule has 42 heavy (non-hydrogen) atoms. The number of nitrogens with one attached hydrogen (secondary N) is 2. The molecule has 1 saturated heterocycles. The number of aryl methyl sites for hydroxylation is 1. The van der Waals surface area contributed by atoms with Crippen molar-refractivity contribution < 1.29 is 19.2 Å². The van der Waals surface area contributed by atoms with E-state index in [1.807, 2.05) is 65.1 Å². The number of anilines is 1. The highest BCUT2D eigenvalue weighted by Crippen LogP contribution is 2.28. The van der Waals surface area contributed by atoms with Crippen LogP contribution < -0.4 is 15.5 Å². The van der Waals surface area contributed by atoms with Gasteiger partial charge in [0.1, 0.15) is 12.2 Å². The Labute approximate surface area is 251 Å².